The van der Waals surface area contributed by atoms with Gasteiger partial charge in [0.25, 0.3) is 0 Å². The Hall–Kier alpha value is -3.40. The number of rotatable bonds is 10. The summed E-state index contributed by atoms with van der Waals surface area (Å²) in [4.78, 5) is 12.3. The second kappa shape index (κ2) is 11.0. The van der Waals surface area contributed by atoms with Crippen LogP contribution in [0.15, 0.2) is 36.4 Å². The lowest BCUT2D eigenvalue weighted by molar-refractivity contribution is -0.122. The second-order valence-corrected chi connectivity index (χ2v) is 6.91. The molecule has 0 radical (unpaired) electrons. The Balaban J connectivity index is 1.98. The van der Waals surface area contributed by atoms with Gasteiger partial charge in [0.05, 0.1) is 40.4 Å². The zero-order valence-electron chi connectivity index (χ0n) is 18.0. The minimum atomic E-state index is -0.864. The fourth-order valence-electron chi connectivity index (χ4n) is 2.90. The molecule has 0 spiro atoms. The van der Waals surface area contributed by atoms with Crippen LogP contribution < -0.4 is 24.3 Å². The molecule has 0 heterocycles. The molecule has 7 nitrogen and oxygen atoms in total. The summed E-state index contributed by atoms with van der Waals surface area (Å²) in [6, 6.07) is 12.3. The highest BCUT2D eigenvalue weighted by molar-refractivity contribution is 5.77. The molecule has 2 aromatic rings. The van der Waals surface area contributed by atoms with Crippen LogP contribution in [0.3, 0.4) is 0 Å². The van der Waals surface area contributed by atoms with E-state index in [0.29, 0.717) is 34.5 Å². The summed E-state index contributed by atoms with van der Waals surface area (Å²) < 4.78 is 21.5. The minimum Gasteiger partial charge on any atom is -0.493 e. The number of amides is 1. The van der Waals surface area contributed by atoms with Crippen molar-refractivity contribution in [2.45, 2.75) is 32.2 Å². The number of carbonyl (C=O) groups is 1. The molecule has 7 heteroatoms. The van der Waals surface area contributed by atoms with Crippen molar-refractivity contribution in [2.24, 2.45) is 0 Å². The van der Waals surface area contributed by atoms with E-state index in [1.165, 1.54) is 26.9 Å². The van der Waals surface area contributed by atoms with Crippen molar-refractivity contribution in [1.82, 2.24) is 5.32 Å². The molecule has 0 saturated heterocycles. The van der Waals surface area contributed by atoms with Crippen molar-refractivity contribution in [3.05, 3.63) is 47.5 Å². The molecule has 0 aliphatic rings. The SMILES string of the molecule is COc1cc(C(C#N)NC(=O)CCOc2ccc(C(C)C)cc2)cc(OC)c1OC. The first kappa shape index (κ1) is 22.9. The summed E-state index contributed by atoms with van der Waals surface area (Å²) in [5.41, 5.74) is 1.76. The number of nitrogens with zero attached hydrogens (tertiary/aromatic N) is 1. The highest BCUT2D eigenvalue weighted by atomic mass is 16.5. The van der Waals surface area contributed by atoms with E-state index in [2.05, 4.69) is 25.2 Å². The van der Waals surface area contributed by atoms with Gasteiger partial charge in [-0.1, -0.05) is 26.0 Å². The highest BCUT2D eigenvalue weighted by Gasteiger charge is 2.20. The van der Waals surface area contributed by atoms with Gasteiger partial charge in [-0.25, -0.2) is 0 Å². The van der Waals surface area contributed by atoms with Gasteiger partial charge >= 0.3 is 0 Å². The van der Waals surface area contributed by atoms with Gasteiger partial charge in [-0.15, -0.1) is 0 Å². The number of benzene rings is 2. The Morgan fingerprint density at radius 2 is 1.60 bits per heavy atom. The van der Waals surface area contributed by atoms with Crippen molar-refractivity contribution >= 4 is 5.91 Å². The van der Waals surface area contributed by atoms with Crippen LogP contribution in [-0.4, -0.2) is 33.8 Å². The van der Waals surface area contributed by atoms with Gasteiger partial charge in [-0.05, 0) is 41.3 Å². The van der Waals surface area contributed by atoms with Crippen molar-refractivity contribution in [3.63, 3.8) is 0 Å². The smallest absolute Gasteiger partial charge is 0.224 e. The van der Waals surface area contributed by atoms with E-state index in [9.17, 15) is 10.1 Å². The van der Waals surface area contributed by atoms with Crippen LogP contribution >= 0.6 is 0 Å². The van der Waals surface area contributed by atoms with Gasteiger partial charge in [0.15, 0.2) is 11.5 Å². The Labute approximate surface area is 177 Å². The summed E-state index contributed by atoms with van der Waals surface area (Å²) in [5, 5.41) is 12.2. The van der Waals surface area contributed by atoms with Gasteiger partial charge in [-0.2, -0.15) is 5.26 Å². The molecule has 2 aromatic carbocycles. The van der Waals surface area contributed by atoms with Crippen LogP contribution in [0, 0.1) is 11.3 Å². The van der Waals surface area contributed by atoms with Crippen LogP contribution in [0.4, 0.5) is 0 Å². The molecule has 0 saturated carbocycles. The van der Waals surface area contributed by atoms with E-state index < -0.39 is 6.04 Å². The fourth-order valence-corrected chi connectivity index (χ4v) is 2.90. The van der Waals surface area contributed by atoms with E-state index in [1.807, 2.05) is 24.3 Å². The predicted molar refractivity (Wildman–Crippen MR) is 113 cm³/mol. The Kier molecular flexibility index (Phi) is 8.36. The van der Waals surface area contributed by atoms with Crippen LogP contribution in [0.2, 0.25) is 0 Å². The molecule has 160 valence electrons. The first-order valence-corrected chi connectivity index (χ1v) is 9.65. The molecule has 0 aliphatic heterocycles. The molecule has 1 unspecified atom stereocenters. The molecule has 1 amide bonds. The Morgan fingerprint density at radius 3 is 2.07 bits per heavy atom. The van der Waals surface area contributed by atoms with Gasteiger partial charge in [0, 0.05) is 0 Å². The zero-order valence-corrected chi connectivity index (χ0v) is 18.0. The third-order valence-corrected chi connectivity index (χ3v) is 4.60. The van der Waals surface area contributed by atoms with Crippen LogP contribution in [-0.2, 0) is 4.79 Å². The molecule has 1 N–H and O–H groups in total. The summed E-state index contributed by atoms with van der Waals surface area (Å²) in [7, 11) is 4.48. The molecule has 0 aliphatic carbocycles. The number of nitriles is 1. The zero-order chi connectivity index (χ0) is 22.1. The molecular weight excluding hydrogens is 384 g/mol. The normalized spacial score (nSPS) is 11.4. The summed E-state index contributed by atoms with van der Waals surface area (Å²) in [6.45, 7) is 4.46. The van der Waals surface area contributed by atoms with Gasteiger partial charge in [0.2, 0.25) is 11.7 Å². The Morgan fingerprint density at radius 1 is 1.00 bits per heavy atom. The van der Waals surface area contributed by atoms with Crippen molar-refractivity contribution in [2.75, 3.05) is 27.9 Å². The first-order chi connectivity index (χ1) is 14.4. The minimum absolute atomic E-state index is 0.120. The van der Waals surface area contributed by atoms with Crippen molar-refractivity contribution < 1.29 is 23.7 Å². The molecule has 0 bridgehead atoms. The van der Waals surface area contributed by atoms with E-state index >= 15 is 0 Å². The maximum Gasteiger partial charge on any atom is 0.224 e. The average molecular weight is 412 g/mol. The molecule has 2 rings (SSSR count). The fraction of sp³-hybridized carbons (Fsp3) is 0.391. The van der Waals surface area contributed by atoms with Gasteiger partial charge < -0.3 is 24.3 Å². The highest BCUT2D eigenvalue weighted by Crippen LogP contribution is 2.39. The number of carbonyl (C=O) groups excluding carboxylic acids is 1. The lowest BCUT2D eigenvalue weighted by Crippen LogP contribution is -2.28. The summed E-state index contributed by atoms with van der Waals surface area (Å²) in [5.74, 6) is 2.10. The maximum atomic E-state index is 12.3. The van der Waals surface area contributed by atoms with Crippen molar-refractivity contribution in [3.8, 4) is 29.1 Å². The van der Waals surface area contributed by atoms with E-state index in [1.54, 1.807) is 12.1 Å². The van der Waals surface area contributed by atoms with Crippen LogP contribution in [0.25, 0.3) is 0 Å². The quantitative estimate of drug-likeness (QED) is 0.635. The number of methoxy groups -OCH3 is 3. The monoisotopic (exact) mass is 412 g/mol. The standard InChI is InChI=1S/C23H28N2O5/c1-15(2)16-6-8-18(9-7-16)30-11-10-22(26)25-19(14-24)17-12-20(27-3)23(29-5)21(13-17)28-4/h6-9,12-13,15,19H,10-11H2,1-5H3,(H,25,26). The molecule has 1 atom stereocenters. The third-order valence-electron chi connectivity index (χ3n) is 4.60. The first-order valence-electron chi connectivity index (χ1n) is 9.65. The number of hydrogen-bond acceptors (Lipinski definition) is 6. The number of hydrogen-bond donors (Lipinski definition) is 1. The summed E-state index contributed by atoms with van der Waals surface area (Å²) >= 11 is 0. The lowest BCUT2D eigenvalue weighted by atomic mass is 10.0. The molecule has 0 aromatic heterocycles. The van der Waals surface area contributed by atoms with Crippen LogP contribution in [0.1, 0.15) is 43.4 Å². The molecule has 0 fully saturated rings. The van der Waals surface area contributed by atoms with E-state index in [0.717, 1.165) is 0 Å². The Bertz CT molecular complexity index is 862. The topological polar surface area (TPSA) is 89.8 Å². The number of ether oxygens (including phenoxy) is 4. The van der Waals surface area contributed by atoms with Gasteiger partial charge in [0.1, 0.15) is 11.8 Å². The molecular formula is C23H28N2O5. The maximum absolute atomic E-state index is 12.3. The van der Waals surface area contributed by atoms with Crippen molar-refractivity contribution in [1.29, 1.82) is 5.26 Å². The van der Waals surface area contributed by atoms with E-state index in [-0.39, 0.29) is 18.9 Å². The largest absolute Gasteiger partial charge is 0.493 e. The third kappa shape index (κ3) is 5.80. The average Bonchev–Trinajstić information content (AvgIpc) is 2.76. The second-order valence-electron chi connectivity index (χ2n) is 6.91. The number of nitrogens with one attached hydrogen (secondary N) is 1. The van der Waals surface area contributed by atoms with E-state index in [4.69, 9.17) is 18.9 Å². The van der Waals surface area contributed by atoms with Gasteiger partial charge in [-0.3, -0.25) is 4.79 Å². The van der Waals surface area contributed by atoms with Crippen LogP contribution in [0.5, 0.6) is 23.0 Å². The summed E-state index contributed by atoms with van der Waals surface area (Å²) in [6.07, 6.45) is 0.120. The lowest BCUT2D eigenvalue weighted by Gasteiger charge is -2.17. The molecule has 30 heavy (non-hydrogen) atoms. The predicted octanol–water partition coefficient (Wildman–Crippen LogP) is 3.99.